The van der Waals surface area contributed by atoms with Crippen molar-refractivity contribution in [1.29, 1.82) is 0 Å². The maximum atomic E-state index is 5.28. The molecule has 2 aromatic heterocycles. The largest absolute Gasteiger partial charge is 0.443 e. The summed E-state index contributed by atoms with van der Waals surface area (Å²) in [6.45, 7) is 1.98. The van der Waals surface area contributed by atoms with Crippen LogP contribution in [0.5, 0.6) is 0 Å². The predicted molar refractivity (Wildman–Crippen MR) is 62.0 cm³/mol. The molecule has 0 saturated heterocycles. The van der Waals surface area contributed by atoms with E-state index in [-0.39, 0.29) is 0 Å². The van der Waals surface area contributed by atoms with Crippen molar-refractivity contribution in [3.63, 3.8) is 0 Å². The van der Waals surface area contributed by atoms with Gasteiger partial charge in [0.2, 0.25) is 0 Å². The van der Waals surface area contributed by atoms with Gasteiger partial charge in [-0.1, -0.05) is 6.07 Å². The quantitative estimate of drug-likeness (QED) is 0.619. The van der Waals surface area contributed by atoms with E-state index >= 15 is 0 Å². The zero-order valence-corrected chi connectivity index (χ0v) is 8.84. The first kappa shape index (κ1) is 9.09. The molecule has 2 heterocycles. The second-order valence-corrected chi connectivity index (χ2v) is 3.72. The highest BCUT2D eigenvalue weighted by atomic mass is 16.3. The van der Waals surface area contributed by atoms with Crippen molar-refractivity contribution in [2.24, 2.45) is 0 Å². The summed E-state index contributed by atoms with van der Waals surface area (Å²) >= 11 is 0. The lowest BCUT2D eigenvalue weighted by Crippen LogP contribution is -1.82. The Kier molecular flexibility index (Phi) is 1.96. The molecule has 0 spiro atoms. The van der Waals surface area contributed by atoms with E-state index in [1.54, 1.807) is 0 Å². The fourth-order valence-corrected chi connectivity index (χ4v) is 1.76. The normalized spacial score (nSPS) is 10.8. The first-order chi connectivity index (χ1) is 7.83. The van der Waals surface area contributed by atoms with Crippen LogP contribution in [-0.4, -0.2) is 9.97 Å². The van der Waals surface area contributed by atoms with E-state index in [1.807, 2.05) is 37.4 Å². The van der Waals surface area contributed by atoms with E-state index in [9.17, 15) is 0 Å². The van der Waals surface area contributed by atoms with Crippen LogP contribution in [0.2, 0.25) is 0 Å². The van der Waals surface area contributed by atoms with E-state index in [0.717, 1.165) is 27.9 Å². The van der Waals surface area contributed by atoms with Crippen LogP contribution in [0.4, 0.5) is 0 Å². The SMILES string of the molecule is Cc1cc(-c2ccc3ncoc3c2)ccn1. The third kappa shape index (κ3) is 1.46. The number of oxazole rings is 1. The summed E-state index contributed by atoms with van der Waals surface area (Å²) in [6, 6.07) is 10.0. The smallest absolute Gasteiger partial charge is 0.181 e. The van der Waals surface area contributed by atoms with Crippen molar-refractivity contribution in [1.82, 2.24) is 9.97 Å². The molecular weight excluding hydrogens is 200 g/mol. The van der Waals surface area contributed by atoms with Gasteiger partial charge in [0.05, 0.1) is 0 Å². The van der Waals surface area contributed by atoms with Gasteiger partial charge in [0, 0.05) is 11.9 Å². The third-order valence-corrected chi connectivity index (χ3v) is 2.56. The van der Waals surface area contributed by atoms with E-state index in [4.69, 9.17) is 4.42 Å². The van der Waals surface area contributed by atoms with Crippen molar-refractivity contribution in [2.75, 3.05) is 0 Å². The summed E-state index contributed by atoms with van der Waals surface area (Å²) in [5.74, 6) is 0. The van der Waals surface area contributed by atoms with Crippen LogP contribution in [0.1, 0.15) is 5.69 Å². The molecular formula is C13H10N2O. The van der Waals surface area contributed by atoms with Gasteiger partial charge in [0.25, 0.3) is 0 Å². The predicted octanol–water partition coefficient (Wildman–Crippen LogP) is 3.20. The van der Waals surface area contributed by atoms with Crippen LogP contribution in [0.15, 0.2) is 47.3 Å². The van der Waals surface area contributed by atoms with Crippen LogP contribution in [-0.2, 0) is 0 Å². The molecule has 0 unspecified atom stereocenters. The molecule has 0 bridgehead atoms. The van der Waals surface area contributed by atoms with Crippen LogP contribution in [0, 0.1) is 6.92 Å². The molecule has 0 atom stereocenters. The molecule has 0 N–H and O–H groups in total. The number of hydrogen-bond donors (Lipinski definition) is 0. The van der Waals surface area contributed by atoms with Crippen LogP contribution in [0.25, 0.3) is 22.2 Å². The Morgan fingerprint density at radius 1 is 1.00 bits per heavy atom. The Morgan fingerprint density at radius 2 is 1.88 bits per heavy atom. The molecule has 3 rings (SSSR count). The molecule has 0 fully saturated rings. The van der Waals surface area contributed by atoms with E-state index in [2.05, 4.69) is 16.0 Å². The first-order valence-electron chi connectivity index (χ1n) is 5.09. The molecule has 3 aromatic rings. The molecule has 3 nitrogen and oxygen atoms in total. The Balaban J connectivity index is 2.18. The Labute approximate surface area is 92.8 Å². The summed E-state index contributed by atoms with van der Waals surface area (Å²) in [7, 11) is 0. The highest BCUT2D eigenvalue weighted by molar-refractivity contribution is 5.79. The maximum Gasteiger partial charge on any atom is 0.181 e. The topological polar surface area (TPSA) is 38.9 Å². The number of hydrogen-bond acceptors (Lipinski definition) is 3. The van der Waals surface area contributed by atoms with E-state index in [0.29, 0.717) is 0 Å². The molecule has 16 heavy (non-hydrogen) atoms. The number of rotatable bonds is 1. The molecule has 0 amide bonds. The number of aryl methyl sites for hydroxylation is 1. The average molecular weight is 210 g/mol. The highest BCUT2D eigenvalue weighted by Crippen LogP contribution is 2.23. The van der Waals surface area contributed by atoms with E-state index < -0.39 is 0 Å². The van der Waals surface area contributed by atoms with Crippen molar-refractivity contribution in [3.8, 4) is 11.1 Å². The number of pyridine rings is 1. The third-order valence-electron chi connectivity index (χ3n) is 2.56. The van der Waals surface area contributed by atoms with E-state index in [1.165, 1.54) is 6.39 Å². The Hall–Kier alpha value is -2.16. The Morgan fingerprint density at radius 3 is 2.75 bits per heavy atom. The zero-order chi connectivity index (χ0) is 11.0. The highest BCUT2D eigenvalue weighted by Gasteiger charge is 2.02. The van der Waals surface area contributed by atoms with Gasteiger partial charge in [-0.2, -0.15) is 0 Å². The lowest BCUT2D eigenvalue weighted by molar-refractivity contribution is 0.602. The second kappa shape index (κ2) is 3.45. The second-order valence-electron chi connectivity index (χ2n) is 3.72. The fourth-order valence-electron chi connectivity index (χ4n) is 1.76. The summed E-state index contributed by atoms with van der Waals surface area (Å²) in [5.41, 5.74) is 4.97. The standard InChI is InChI=1S/C13H10N2O/c1-9-6-11(4-5-14-9)10-2-3-12-13(7-10)16-8-15-12/h2-8H,1H3. The molecule has 0 aliphatic carbocycles. The molecule has 0 aliphatic rings. The van der Waals surface area contributed by atoms with Crippen LogP contribution in [0.3, 0.4) is 0 Å². The van der Waals surface area contributed by atoms with Gasteiger partial charge in [-0.05, 0) is 42.3 Å². The van der Waals surface area contributed by atoms with Crippen LogP contribution >= 0.6 is 0 Å². The maximum absolute atomic E-state index is 5.28. The van der Waals surface area contributed by atoms with Gasteiger partial charge in [0.1, 0.15) is 5.52 Å². The van der Waals surface area contributed by atoms with Crippen molar-refractivity contribution in [3.05, 3.63) is 48.6 Å². The van der Waals surface area contributed by atoms with Crippen molar-refractivity contribution < 1.29 is 4.42 Å². The molecule has 1 aromatic carbocycles. The number of nitrogens with zero attached hydrogens (tertiary/aromatic N) is 2. The Bertz CT molecular complexity index is 643. The number of benzene rings is 1. The minimum Gasteiger partial charge on any atom is -0.443 e. The summed E-state index contributed by atoms with van der Waals surface area (Å²) in [4.78, 5) is 8.27. The first-order valence-corrected chi connectivity index (χ1v) is 5.09. The fraction of sp³-hybridized carbons (Fsp3) is 0.0769. The van der Waals surface area contributed by atoms with Gasteiger partial charge in [-0.15, -0.1) is 0 Å². The van der Waals surface area contributed by atoms with Gasteiger partial charge >= 0.3 is 0 Å². The lowest BCUT2D eigenvalue weighted by atomic mass is 10.1. The average Bonchev–Trinajstić information content (AvgIpc) is 2.75. The summed E-state index contributed by atoms with van der Waals surface area (Å²) in [5, 5.41) is 0. The number of fused-ring (bicyclic) bond motifs is 1. The van der Waals surface area contributed by atoms with Crippen LogP contribution < -0.4 is 0 Å². The molecule has 0 aliphatic heterocycles. The molecule has 0 radical (unpaired) electrons. The van der Waals surface area contributed by atoms with Gasteiger partial charge in [-0.3, -0.25) is 4.98 Å². The minimum atomic E-state index is 0.812. The van der Waals surface area contributed by atoms with Gasteiger partial charge in [0.15, 0.2) is 12.0 Å². The molecule has 0 saturated carbocycles. The summed E-state index contributed by atoms with van der Waals surface area (Å²) < 4.78 is 5.28. The van der Waals surface area contributed by atoms with Gasteiger partial charge in [-0.25, -0.2) is 4.98 Å². The minimum absolute atomic E-state index is 0.812. The molecule has 3 heteroatoms. The van der Waals surface area contributed by atoms with Crippen molar-refractivity contribution in [2.45, 2.75) is 6.92 Å². The van der Waals surface area contributed by atoms with Crippen molar-refractivity contribution >= 4 is 11.1 Å². The molecule has 78 valence electrons. The summed E-state index contributed by atoms with van der Waals surface area (Å²) in [6.07, 6.45) is 3.28. The van der Waals surface area contributed by atoms with Gasteiger partial charge < -0.3 is 4.42 Å². The monoisotopic (exact) mass is 210 g/mol. The zero-order valence-electron chi connectivity index (χ0n) is 8.84. The lowest BCUT2D eigenvalue weighted by Gasteiger charge is -2.01. The number of aromatic nitrogens is 2.